The lowest BCUT2D eigenvalue weighted by Gasteiger charge is -2.41. The van der Waals surface area contributed by atoms with Crippen molar-refractivity contribution in [1.29, 1.82) is 0 Å². The number of hydrogen-bond acceptors (Lipinski definition) is 5. The Morgan fingerprint density at radius 1 is 1.53 bits per heavy atom. The van der Waals surface area contributed by atoms with Gasteiger partial charge in [0.05, 0.1) is 24.1 Å². The fourth-order valence-corrected chi connectivity index (χ4v) is 2.36. The van der Waals surface area contributed by atoms with Crippen LogP contribution in [0.4, 0.5) is 5.82 Å². The van der Waals surface area contributed by atoms with Gasteiger partial charge in [-0.25, -0.2) is 4.98 Å². The van der Waals surface area contributed by atoms with Crippen molar-refractivity contribution in [3.05, 3.63) is 18.1 Å². The van der Waals surface area contributed by atoms with E-state index < -0.39 is 0 Å². The second-order valence-corrected chi connectivity index (χ2v) is 5.41. The van der Waals surface area contributed by atoms with E-state index in [1.165, 1.54) is 6.20 Å². The number of rotatable bonds is 2. The third-order valence-electron chi connectivity index (χ3n) is 2.97. The average molecular weight is 264 g/mol. The summed E-state index contributed by atoms with van der Waals surface area (Å²) in [4.78, 5) is 22.5. The molecule has 0 aliphatic carbocycles. The van der Waals surface area contributed by atoms with Crippen LogP contribution < -0.4 is 5.32 Å². The van der Waals surface area contributed by atoms with Crippen LogP contribution in [0.15, 0.2) is 12.4 Å². The highest BCUT2D eigenvalue weighted by Gasteiger charge is 2.34. The molecule has 1 N–H and O–H groups in total. The number of carbonyl (C=O) groups is 1. The van der Waals surface area contributed by atoms with Gasteiger partial charge in [-0.15, -0.1) is 0 Å². The van der Waals surface area contributed by atoms with Crippen molar-refractivity contribution in [2.75, 3.05) is 25.5 Å². The first kappa shape index (κ1) is 13.7. The summed E-state index contributed by atoms with van der Waals surface area (Å²) in [6, 6.07) is 0. The Morgan fingerprint density at radius 3 is 2.89 bits per heavy atom. The Kier molecular flexibility index (Phi) is 3.71. The molecule has 1 aromatic heterocycles. The maximum absolute atomic E-state index is 12.4. The van der Waals surface area contributed by atoms with Crippen molar-refractivity contribution in [2.45, 2.75) is 32.5 Å². The summed E-state index contributed by atoms with van der Waals surface area (Å²) in [5, 5.41) is 2.88. The fraction of sp³-hybridized carbons (Fsp3) is 0.615. The van der Waals surface area contributed by atoms with Crippen LogP contribution in [0.2, 0.25) is 0 Å². The van der Waals surface area contributed by atoms with Crippen molar-refractivity contribution in [1.82, 2.24) is 14.9 Å². The molecule has 104 valence electrons. The Balaban J connectivity index is 2.18. The van der Waals surface area contributed by atoms with Gasteiger partial charge >= 0.3 is 0 Å². The molecule has 1 unspecified atom stereocenters. The van der Waals surface area contributed by atoms with E-state index in [2.05, 4.69) is 15.3 Å². The van der Waals surface area contributed by atoms with Crippen LogP contribution in [0.1, 0.15) is 31.3 Å². The molecule has 0 saturated carbocycles. The number of anilines is 1. The molecule has 6 nitrogen and oxygen atoms in total. The molecule has 0 aromatic carbocycles. The van der Waals surface area contributed by atoms with E-state index >= 15 is 0 Å². The minimum absolute atomic E-state index is 0.0214. The molecule has 1 aliphatic rings. The molecule has 6 heteroatoms. The van der Waals surface area contributed by atoms with E-state index in [1.54, 1.807) is 18.1 Å². The smallest absolute Gasteiger partial charge is 0.274 e. The van der Waals surface area contributed by atoms with Gasteiger partial charge in [-0.05, 0) is 20.8 Å². The predicted octanol–water partition coefficient (Wildman–Crippen LogP) is 1.16. The van der Waals surface area contributed by atoms with Gasteiger partial charge in [-0.1, -0.05) is 0 Å². The van der Waals surface area contributed by atoms with Gasteiger partial charge in [0.15, 0.2) is 0 Å². The maximum Gasteiger partial charge on any atom is 0.274 e. The number of nitrogens with zero attached hydrogens (tertiary/aromatic N) is 3. The van der Waals surface area contributed by atoms with Crippen molar-refractivity contribution in [3.63, 3.8) is 0 Å². The van der Waals surface area contributed by atoms with Crippen LogP contribution in [0.5, 0.6) is 0 Å². The molecule has 2 heterocycles. The van der Waals surface area contributed by atoms with Gasteiger partial charge < -0.3 is 15.0 Å². The number of amides is 1. The van der Waals surface area contributed by atoms with Gasteiger partial charge in [-0.3, -0.25) is 9.78 Å². The second-order valence-electron chi connectivity index (χ2n) is 5.41. The largest absolute Gasteiger partial charge is 0.372 e. The van der Waals surface area contributed by atoms with Crippen LogP contribution in [0.3, 0.4) is 0 Å². The van der Waals surface area contributed by atoms with E-state index in [0.717, 1.165) is 0 Å². The van der Waals surface area contributed by atoms with E-state index in [-0.39, 0.29) is 17.6 Å². The molecule has 2 rings (SSSR count). The quantitative estimate of drug-likeness (QED) is 0.868. The lowest BCUT2D eigenvalue weighted by Crippen LogP contribution is -2.53. The lowest BCUT2D eigenvalue weighted by molar-refractivity contribution is -0.118. The third kappa shape index (κ3) is 3.20. The highest BCUT2D eigenvalue weighted by molar-refractivity contribution is 5.92. The van der Waals surface area contributed by atoms with Crippen molar-refractivity contribution in [2.24, 2.45) is 0 Å². The van der Waals surface area contributed by atoms with Gasteiger partial charge in [-0.2, -0.15) is 0 Å². The van der Waals surface area contributed by atoms with Gasteiger partial charge in [0, 0.05) is 20.1 Å². The molecule has 1 saturated heterocycles. The number of aromatic nitrogens is 2. The normalized spacial score (nSPS) is 22.1. The van der Waals surface area contributed by atoms with Crippen LogP contribution in [-0.2, 0) is 4.74 Å². The van der Waals surface area contributed by atoms with Crippen molar-refractivity contribution >= 4 is 11.7 Å². The molecule has 1 fully saturated rings. The third-order valence-corrected chi connectivity index (χ3v) is 2.97. The molecule has 1 atom stereocenters. The Morgan fingerprint density at radius 2 is 2.26 bits per heavy atom. The van der Waals surface area contributed by atoms with Crippen LogP contribution in [0, 0.1) is 0 Å². The zero-order valence-electron chi connectivity index (χ0n) is 11.8. The topological polar surface area (TPSA) is 67.4 Å². The summed E-state index contributed by atoms with van der Waals surface area (Å²) in [5.74, 6) is 0.485. The zero-order chi connectivity index (χ0) is 14.0. The van der Waals surface area contributed by atoms with E-state index in [0.29, 0.717) is 24.6 Å². The Labute approximate surface area is 113 Å². The molecular formula is C13H20N4O2. The fourth-order valence-electron chi connectivity index (χ4n) is 2.36. The summed E-state index contributed by atoms with van der Waals surface area (Å²) in [6.45, 7) is 7.07. The molecule has 0 bridgehead atoms. The highest BCUT2D eigenvalue weighted by atomic mass is 16.5. The van der Waals surface area contributed by atoms with Gasteiger partial charge in [0.2, 0.25) is 0 Å². The Hall–Kier alpha value is -1.69. The molecule has 1 aromatic rings. The zero-order valence-corrected chi connectivity index (χ0v) is 11.8. The van der Waals surface area contributed by atoms with Crippen LogP contribution in [0.25, 0.3) is 0 Å². The first-order valence-electron chi connectivity index (χ1n) is 6.38. The summed E-state index contributed by atoms with van der Waals surface area (Å²) in [6.07, 6.45) is 3.10. The summed E-state index contributed by atoms with van der Waals surface area (Å²) < 4.78 is 5.79. The lowest BCUT2D eigenvalue weighted by atomic mass is 10.1. The monoisotopic (exact) mass is 264 g/mol. The van der Waals surface area contributed by atoms with Gasteiger partial charge in [0.1, 0.15) is 11.5 Å². The average Bonchev–Trinajstić information content (AvgIpc) is 2.35. The molecule has 1 amide bonds. The molecule has 19 heavy (non-hydrogen) atoms. The number of carbonyl (C=O) groups excluding carboxylic acids is 1. The predicted molar refractivity (Wildman–Crippen MR) is 72.1 cm³/mol. The molecular weight excluding hydrogens is 244 g/mol. The molecule has 0 radical (unpaired) electrons. The SMILES string of the molecule is CNc1cncc(C(=O)N2CC(C)OC(C)(C)C2)n1. The number of hydrogen-bond donors (Lipinski definition) is 1. The molecule has 0 spiro atoms. The standard InChI is InChI=1S/C13H20N4O2/c1-9-7-17(8-13(2,3)19-9)12(18)10-5-15-6-11(14-4)16-10/h5-6,9H,7-8H2,1-4H3,(H,14,16). The summed E-state index contributed by atoms with van der Waals surface area (Å²) in [7, 11) is 1.75. The van der Waals surface area contributed by atoms with Crippen LogP contribution in [-0.4, -0.2) is 52.6 Å². The molecule has 1 aliphatic heterocycles. The number of morpholine rings is 1. The second kappa shape index (κ2) is 5.13. The van der Waals surface area contributed by atoms with E-state index in [9.17, 15) is 4.79 Å². The summed E-state index contributed by atoms with van der Waals surface area (Å²) >= 11 is 0. The van der Waals surface area contributed by atoms with Gasteiger partial charge in [0.25, 0.3) is 5.91 Å². The van der Waals surface area contributed by atoms with Crippen molar-refractivity contribution < 1.29 is 9.53 Å². The number of nitrogens with one attached hydrogen (secondary N) is 1. The van der Waals surface area contributed by atoms with E-state index in [1.807, 2.05) is 20.8 Å². The maximum atomic E-state index is 12.4. The highest BCUT2D eigenvalue weighted by Crippen LogP contribution is 2.22. The number of ether oxygens (including phenoxy) is 1. The minimum Gasteiger partial charge on any atom is -0.372 e. The van der Waals surface area contributed by atoms with Crippen molar-refractivity contribution in [3.8, 4) is 0 Å². The van der Waals surface area contributed by atoms with Crippen LogP contribution >= 0.6 is 0 Å². The first-order valence-corrected chi connectivity index (χ1v) is 6.38. The van der Waals surface area contributed by atoms with E-state index in [4.69, 9.17) is 4.74 Å². The minimum atomic E-state index is -0.332. The Bertz CT molecular complexity index is 475. The summed E-state index contributed by atoms with van der Waals surface area (Å²) in [5.41, 5.74) is 0.0261. The first-order chi connectivity index (χ1) is 8.91.